The smallest absolute Gasteiger partial charge is 0.320 e. The minimum absolute atomic E-state index is 0.0146. The summed E-state index contributed by atoms with van der Waals surface area (Å²) in [6.07, 6.45) is -1.31. The Hall–Kier alpha value is -3.69. The van der Waals surface area contributed by atoms with E-state index in [0.29, 0.717) is 25.8 Å². The number of nitrogens with one attached hydrogen (secondary N) is 3. The highest BCUT2D eigenvalue weighted by molar-refractivity contribution is 7.88. The predicted molar refractivity (Wildman–Crippen MR) is 156 cm³/mol. The first-order valence-electron chi connectivity index (χ1n) is 13.9. The number of imidazole rings is 1. The molecule has 0 aliphatic carbocycles. The Kier molecular flexibility index (Phi) is 12.1. The number of nitrogen functional groups attached to an aromatic ring is 1. The summed E-state index contributed by atoms with van der Waals surface area (Å²) in [4.78, 5) is 49.8. The Morgan fingerprint density at radius 1 is 1.14 bits per heavy atom. The van der Waals surface area contributed by atoms with Crippen LogP contribution in [0.4, 0.5) is 11.8 Å². The van der Waals surface area contributed by atoms with E-state index in [1.54, 1.807) is 0 Å². The van der Waals surface area contributed by atoms with Crippen molar-refractivity contribution in [2.75, 3.05) is 50.5 Å². The zero-order valence-corrected chi connectivity index (χ0v) is 25.2. The van der Waals surface area contributed by atoms with Crippen LogP contribution in [0.2, 0.25) is 0 Å². The molecule has 44 heavy (non-hydrogen) atoms. The van der Waals surface area contributed by atoms with Gasteiger partial charge >= 0.3 is 5.97 Å². The number of likely N-dealkylation sites (N-methyl/N-ethyl adjacent to an activating group) is 1. The molecule has 1 saturated heterocycles. The fraction of sp³-hybridized carbons (Fsp3) is 0.667. The number of hydrogen-bond donors (Lipinski definition) is 8. The number of fused-ring (bicyclic) bond motifs is 1. The van der Waals surface area contributed by atoms with E-state index in [-0.39, 0.29) is 61.3 Å². The molecule has 3 rings (SSSR count). The average molecular weight is 645 g/mol. The molecule has 5 atom stereocenters. The molecule has 19 nitrogen and oxygen atoms in total. The van der Waals surface area contributed by atoms with Gasteiger partial charge in [-0.25, -0.2) is 18.1 Å². The van der Waals surface area contributed by atoms with Crippen molar-refractivity contribution < 1.29 is 42.9 Å². The van der Waals surface area contributed by atoms with E-state index >= 15 is 0 Å². The van der Waals surface area contributed by atoms with Gasteiger partial charge in [0.05, 0.1) is 12.6 Å². The summed E-state index contributed by atoms with van der Waals surface area (Å²) in [5.74, 6) is -1.94. The lowest BCUT2D eigenvalue weighted by Crippen LogP contribution is -2.45. The molecule has 0 unspecified atom stereocenters. The van der Waals surface area contributed by atoms with Crippen LogP contribution in [0.25, 0.3) is 11.2 Å². The Labute approximate surface area is 253 Å². The van der Waals surface area contributed by atoms with Crippen LogP contribution < -0.4 is 26.8 Å². The molecular weight excluding hydrogens is 604 g/mol. The lowest BCUT2D eigenvalue weighted by atomic mass is 10.1. The number of carbonyl (C=O) groups excluding carboxylic acids is 2. The fourth-order valence-corrected chi connectivity index (χ4v) is 4.91. The van der Waals surface area contributed by atoms with Crippen LogP contribution in [-0.4, -0.2) is 130 Å². The lowest BCUT2D eigenvalue weighted by molar-refractivity contribution is -0.148. The second-order valence-corrected chi connectivity index (χ2v) is 12.3. The van der Waals surface area contributed by atoms with Crippen LogP contribution in [0.15, 0.2) is 6.33 Å². The highest BCUT2D eigenvalue weighted by Gasteiger charge is 2.48. The molecule has 2 amide bonds. The van der Waals surface area contributed by atoms with Crippen LogP contribution in [0.1, 0.15) is 38.3 Å². The number of carboxylic acids is 1. The number of ether oxygens (including phenoxy) is 1. The van der Waals surface area contributed by atoms with Crippen LogP contribution >= 0.6 is 0 Å². The Bertz CT molecular complexity index is 1420. The molecule has 3 heterocycles. The second-order valence-electron chi connectivity index (χ2n) is 10.4. The molecule has 1 fully saturated rings. The zero-order chi connectivity index (χ0) is 32.6. The van der Waals surface area contributed by atoms with Crippen LogP contribution in [0.5, 0.6) is 0 Å². The average Bonchev–Trinajstić information content (AvgIpc) is 3.51. The van der Waals surface area contributed by atoms with Gasteiger partial charge in [-0.15, -0.1) is 0 Å². The maximum absolute atomic E-state index is 12.9. The van der Waals surface area contributed by atoms with Crippen molar-refractivity contribution in [2.24, 2.45) is 5.73 Å². The number of carbonyl (C=O) groups is 3. The summed E-state index contributed by atoms with van der Waals surface area (Å²) in [6, 6.07) is -1.17. The van der Waals surface area contributed by atoms with E-state index < -0.39 is 52.5 Å². The number of sulfonamides is 1. The summed E-state index contributed by atoms with van der Waals surface area (Å²) >= 11 is 0. The number of hydrogen-bond acceptors (Lipinski definition) is 14. The number of anilines is 2. The monoisotopic (exact) mass is 644 g/mol. The van der Waals surface area contributed by atoms with Crippen molar-refractivity contribution in [3.63, 3.8) is 0 Å². The third kappa shape index (κ3) is 9.40. The third-order valence-electron chi connectivity index (χ3n) is 6.85. The van der Waals surface area contributed by atoms with E-state index in [0.717, 1.165) is 6.26 Å². The third-order valence-corrected chi connectivity index (χ3v) is 7.58. The molecule has 246 valence electrons. The Morgan fingerprint density at radius 2 is 1.86 bits per heavy atom. The number of rotatable bonds is 17. The molecule has 2 aromatic heterocycles. The van der Waals surface area contributed by atoms with Crippen molar-refractivity contribution >= 4 is 50.7 Å². The summed E-state index contributed by atoms with van der Waals surface area (Å²) in [6.45, 7) is 0.808. The van der Waals surface area contributed by atoms with Gasteiger partial charge in [-0.05, 0) is 19.3 Å². The van der Waals surface area contributed by atoms with Crippen molar-refractivity contribution in [1.82, 2.24) is 34.5 Å². The van der Waals surface area contributed by atoms with Crippen molar-refractivity contribution in [2.45, 2.75) is 62.7 Å². The van der Waals surface area contributed by atoms with Crippen LogP contribution in [0, 0.1) is 0 Å². The largest absolute Gasteiger partial charge is 0.480 e. The molecule has 20 heteroatoms. The van der Waals surface area contributed by atoms with E-state index in [9.17, 15) is 33.0 Å². The summed E-state index contributed by atoms with van der Waals surface area (Å²) < 4.78 is 31.5. The summed E-state index contributed by atoms with van der Waals surface area (Å²) in [7, 11) is -1.82. The normalized spacial score (nSPS) is 20.8. The van der Waals surface area contributed by atoms with Gasteiger partial charge in [0.2, 0.25) is 21.9 Å². The van der Waals surface area contributed by atoms with E-state index in [1.807, 2.05) is 0 Å². The second kappa shape index (κ2) is 15.3. The van der Waals surface area contributed by atoms with Gasteiger partial charge in [-0.3, -0.25) is 19.0 Å². The standard InChI is InChI=1S/C24H40N10O9S/c1-33(11-7-13(25)23(39)40)21(38)18-16(36)17(37)22(43-18)34-12-29-15-19(26)31-24(32-20(15)34)28-10-9-27-14(35)6-4-3-5-8-30-44(2,41)42/h12-13,16-18,22,30,36-37H,3-11,25H2,1-2H3,(H,27,35)(H,39,40)(H3,26,28,31,32)/t13-,16-,17+,18-,22+/m0/s1. The quantitative estimate of drug-likeness (QED) is 0.0793. The first-order valence-corrected chi connectivity index (χ1v) is 15.8. The van der Waals surface area contributed by atoms with Gasteiger partial charge in [0.25, 0.3) is 5.91 Å². The molecule has 2 aromatic rings. The number of nitrogens with zero attached hydrogens (tertiary/aromatic N) is 5. The van der Waals surface area contributed by atoms with Crippen molar-refractivity contribution in [3.8, 4) is 0 Å². The first kappa shape index (κ1) is 34.8. The zero-order valence-electron chi connectivity index (χ0n) is 24.4. The topological polar surface area (TPSA) is 290 Å². The van der Waals surface area contributed by atoms with Gasteiger partial charge in [0, 0.05) is 39.6 Å². The predicted octanol–water partition coefficient (Wildman–Crippen LogP) is -3.07. The lowest BCUT2D eigenvalue weighted by Gasteiger charge is -2.23. The van der Waals surface area contributed by atoms with E-state index in [4.69, 9.17) is 21.3 Å². The number of aromatic nitrogens is 4. The molecule has 0 aromatic carbocycles. The number of unbranched alkanes of at least 4 members (excludes halogenated alkanes) is 2. The number of aliphatic hydroxyl groups excluding tert-OH is 2. The van der Waals surface area contributed by atoms with Crippen LogP contribution in [0.3, 0.4) is 0 Å². The van der Waals surface area contributed by atoms with E-state index in [2.05, 4.69) is 30.3 Å². The molecule has 0 radical (unpaired) electrons. The van der Waals surface area contributed by atoms with Crippen molar-refractivity contribution in [1.29, 1.82) is 0 Å². The van der Waals surface area contributed by atoms with Gasteiger partial charge < -0.3 is 47.1 Å². The highest BCUT2D eigenvalue weighted by atomic mass is 32.2. The van der Waals surface area contributed by atoms with Crippen molar-refractivity contribution in [3.05, 3.63) is 6.33 Å². The molecule has 0 saturated carbocycles. The van der Waals surface area contributed by atoms with Gasteiger partial charge in [0.15, 0.2) is 23.8 Å². The SMILES string of the molecule is CN(CC[C@H](N)C(=O)O)C(=O)[C@H]1O[C@@H](n2cnc3c(N)nc(NCCNC(=O)CCCCCNS(C)(=O)=O)nc32)[C@H](O)[C@@H]1O. The molecular formula is C24H40N10O9S. The number of amides is 2. The number of nitrogens with two attached hydrogens (primary N) is 2. The molecule has 10 N–H and O–H groups in total. The van der Waals surface area contributed by atoms with E-state index in [1.165, 1.54) is 22.8 Å². The molecule has 0 spiro atoms. The Balaban J connectivity index is 1.54. The number of aliphatic carboxylic acids is 1. The van der Waals surface area contributed by atoms with Crippen LogP contribution in [-0.2, 0) is 29.1 Å². The molecule has 1 aliphatic rings. The number of carboxylic acid groups (broad SMARTS) is 1. The number of aliphatic hydroxyl groups is 2. The summed E-state index contributed by atoms with van der Waals surface area (Å²) in [5.41, 5.74) is 11.9. The fourth-order valence-electron chi connectivity index (χ4n) is 4.39. The maximum Gasteiger partial charge on any atom is 0.320 e. The maximum atomic E-state index is 12.9. The minimum Gasteiger partial charge on any atom is -0.480 e. The minimum atomic E-state index is -3.22. The van der Waals surface area contributed by atoms with Gasteiger partial charge in [-0.2, -0.15) is 9.97 Å². The van der Waals surface area contributed by atoms with Gasteiger partial charge in [-0.1, -0.05) is 6.42 Å². The van der Waals surface area contributed by atoms with Gasteiger partial charge in [0.1, 0.15) is 23.8 Å². The first-order chi connectivity index (χ1) is 20.7. The summed E-state index contributed by atoms with van der Waals surface area (Å²) in [5, 5.41) is 36.0. The molecule has 0 bridgehead atoms. The highest BCUT2D eigenvalue weighted by Crippen LogP contribution is 2.33. The Morgan fingerprint density at radius 3 is 2.55 bits per heavy atom. The molecule has 1 aliphatic heterocycles.